The van der Waals surface area contributed by atoms with E-state index in [-0.39, 0.29) is 18.1 Å². The first-order valence-electron chi connectivity index (χ1n) is 6.52. The summed E-state index contributed by atoms with van der Waals surface area (Å²) in [5.41, 5.74) is 5.31. The van der Waals surface area contributed by atoms with Crippen molar-refractivity contribution < 1.29 is 17.9 Å². The summed E-state index contributed by atoms with van der Waals surface area (Å²) in [7, 11) is 0. The van der Waals surface area contributed by atoms with E-state index >= 15 is 0 Å². The number of ether oxygens (including phenoxy) is 1. The van der Waals surface area contributed by atoms with Crippen LogP contribution in [0.4, 0.5) is 13.2 Å². The Kier molecular flexibility index (Phi) is 5.06. The summed E-state index contributed by atoms with van der Waals surface area (Å²) in [4.78, 5) is 0. The summed E-state index contributed by atoms with van der Waals surface area (Å²) in [5, 5.41) is 0. The van der Waals surface area contributed by atoms with Crippen LogP contribution >= 0.6 is 0 Å². The Bertz CT molecular complexity index is 265. The minimum absolute atomic E-state index is 0.0693. The summed E-state index contributed by atoms with van der Waals surface area (Å²) in [6.07, 6.45) is -1.55. The lowest BCUT2D eigenvalue weighted by molar-refractivity contribution is -0.192. The van der Waals surface area contributed by atoms with Crippen LogP contribution in [0.5, 0.6) is 0 Å². The van der Waals surface area contributed by atoms with Crippen molar-refractivity contribution in [2.75, 3.05) is 13.2 Å². The maximum atomic E-state index is 12.5. The van der Waals surface area contributed by atoms with Gasteiger partial charge in [-0.3, -0.25) is 0 Å². The van der Waals surface area contributed by atoms with E-state index < -0.39 is 18.6 Å². The second kappa shape index (κ2) is 5.78. The fourth-order valence-electron chi connectivity index (χ4n) is 2.93. The summed E-state index contributed by atoms with van der Waals surface area (Å²) < 4.78 is 43.1. The van der Waals surface area contributed by atoms with Gasteiger partial charge in [-0.15, -0.1) is 0 Å². The number of halogens is 3. The average molecular weight is 267 g/mol. The number of alkyl halides is 3. The quantitative estimate of drug-likeness (QED) is 0.847. The number of hydrogen-bond donors (Lipinski definition) is 1. The Hall–Kier alpha value is -0.290. The lowest BCUT2D eigenvalue weighted by Crippen LogP contribution is -2.38. The van der Waals surface area contributed by atoms with Gasteiger partial charge in [-0.25, -0.2) is 0 Å². The molecular formula is C13H24F3NO. The molecule has 0 aromatic rings. The third-order valence-corrected chi connectivity index (χ3v) is 3.63. The van der Waals surface area contributed by atoms with Gasteiger partial charge >= 0.3 is 6.18 Å². The van der Waals surface area contributed by atoms with Gasteiger partial charge in [0.1, 0.15) is 0 Å². The molecule has 0 radical (unpaired) electrons. The van der Waals surface area contributed by atoms with E-state index in [4.69, 9.17) is 10.5 Å². The van der Waals surface area contributed by atoms with E-state index in [9.17, 15) is 13.2 Å². The Morgan fingerprint density at radius 2 is 1.94 bits per heavy atom. The second-order valence-electron chi connectivity index (χ2n) is 6.34. The Morgan fingerprint density at radius 1 is 1.33 bits per heavy atom. The van der Waals surface area contributed by atoms with Crippen molar-refractivity contribution >= 4 is 0 Å². The normalized spacial score (nSPS) is 30.2. The molecule has 2 nitrogen and oxygen atoms in total. The Labute approximate surface area is 107 Å². The molecule has 1 saturated carbocycles. The molecule has 1 fully saturated rings. The monoisotopic (exact) mass is 267 g/mol. The van der Waals surface area contributed by atoms with Gasteiger partial charge in [0.25, 0.3) is 0 Å². The first-order chi connectivity index (χ1) is 8.14. The van der Waals surface area contributed by atoms with Gasteiger partial charge in [-0.05, 0) is 30.6 Å². The van der Waals surface area contributed by atoms with Crippen LogP contribution in [0, 0.1) is 17.3 Å². The standard InChI is InChI=1S/C13H24F3NO/c1-9-4-11(6-12(2,3)5-9)18-8-10(7-17)13(14,15)16/h9-11H,4-8,17H2,1-3H3. The van der Waals surface area contributed by atoms with Gasteiger partial charge in [0, 0.05) is 6.54 Å². The predicted molar refractivity (Wildman–Crippen MR) is 65.1 cm³/mol. The Morgan fingerprint density at radius 3 is 2.39 bits per heavy atom. The van der Waals surface area contributed by atoms with E-state index in [1.54, 1.807) is 0 Å². The van der Waals surface area contributed by atoms with Gasteiger partial charge in [0.2, 0.25) is 0 Å². The van der Waals surface area contributed by atoms with Crippen LogP contribution < -0.4 is 5.73 Å². The van der Waals surface area contributed by atoms with Crippen LogP contribution in [0.3, 0.4) is 0 Å². The van der Waals surface area contributed by atoms with Gasteiger partial charge in [0.15, 0.2) is 0 Å². The third-order valence-electron chi connectivity index (χ3n) is 3.63. The van der Waals surface area contributed by atoms with Crippen LogP contribution in [0.25, 0.3) is 0 Å². The second-order valence-corrected chi connectivity index (χ2v) is 6.34. The van der Waals surface area contributed by atoms with E-state index in [0.29, 0.717) is 5.92 Å². The molecule has 0 aromatic heterocycles. The van der Waals surface area contributed by atoms with Crippen molar-refractivity contribution in [3.05, 3.63) is 0 Å². The summed E-state index contributed by atoms with van der Waals surface area (Å²) >= 11 is 0. The Balaban J connectivity index is 2.47. The molecule has 108 valence electrons. The van der Waals surface area contributed by atoms with Gasteiger partial charge in [0.05, 0.1) is 18.6 Å². The highest BCUT2D eigenvalue weighted by Crippen LogP contribution is 2.40. The molecule has 0 saturated heterocycles. The molecule has 18 heavy (non-hydrogen) atoms. The smallest absolute Gasteiger partial charge is 0.377 e. The molecule has 0 bridgehead atoms. The largest absolute Gasteiger partial charge is 0.395 e. The van der Waals surface area contributed by atoms with Crippen molar-refractivity contribution in [3.8, 4) is 0 Å². The highest BCUT2D eigenvalue weighted by atomic mass is 19.4. The van der Waals surface area contributed by atoms with Crippen molar-refractivity contribution in [1.82, 2.24) is 0 Å². The summed E-state index contributed by atoms with van der Waals surface area (Å²) in [6.45, 7) is 5.69. The molecule has 0 amide bonds. The van der Waals surface area contributed by atoms with E-state index in [1.807, 2.05) is 0 Å². The molecule has 0 aliphatic heterocycles. The maximum Gasteiger partial charge on any atom is 0.395 e. The van der Waals surface area contributed by atoms with Crippen molar-refractivity contribution in [1.29, 1.82) is 0 Å². The fourth-order valence-corrected chi connectivity index (χ4v) is 2.93. The summed E-state index contributed by atoms with van der Waals surface area (Å²) in [5.74, 6) is -1.04. The van der Waals surface area contributed by atoms with E-state index in [2.05, 4.69) is 20.8 Å². The minimum atomic E-state index is -4.26. The molecule has 3 atom stereocenters. The van der Waals surface area contributed by atoms with Crippen LogP contribution in [-0.4, -0.2) is 25.4 Å². The zero-order chi connectivity index (χ0) is 14.0. The summed E-state index contributed by atoms with van der Waals surface area (Å²) in [6, 6.07) is 0. The first-order valence-corrected chi connectivity index (χ1v) is 6.52. The highest BCUT2D eigenvalue weighted by molar-refractivity contribution is 4.83. The van der Waals surface area contributed by atoms with Gasteiger partial charge < -0.3 is 10.5 Å². The molecular weight excluding hydrogens is 243 g/mol. The highest BCUT2D eigenvalue weighted by Gasteiger charge is 2.40. The lowest BCUT2D eigenvalue weighted by Gasteiger charge is -2.39. The predicted octanol–water partition coefficient (Wildman–Crippen LogP) is 3.36. The number of nitrogens with two attached hydrogens (primary N) is 1. The molecule has 0 aromatic carbocycles. The number of hydrogen-bond acceptors (Lipinski definition) is 2. The molecule has 1 rings (SSSR count). The van der Waals surface area contributed by atoms with Crippen LogP contribution in [-0.2, 0) is 4.74 Å². The molecule has 5 heteroatoms. The van der Waals surface area contributed by atoms with Gasteiger partial charge in [-0.1, -0.05) is 20.8 Å². The minimum Gasteiger partial charge on any atom is -0.377 e. The maximum absolute atomic E-state index is 12.5. The van der Waals surface area contributed by atoms with Crippen LogP contribution in [0.1, 0.15) is 40.0 Å². The SMILES string of the molecule is CC1CC(OCC(CN)C(F)(F)F)CC(C)(C)C1. The number of rotatable bonds is 4. The molecule has 1 aliphatic carbocycles. The van der Waals surface area contributed by atoms with Gasteiger partial charge in [-0.2, -0.15) is 13.2 Å². The fraction of sp³-hybridized carbons (Fsp3) is 1.00. The zero-order valence-corrected chi connectivity index (χ0v) is 11.4. The average Bonchev–Trinajstić information content (AvgIpc) is 2.12. The third kappa shape index (κ3) is 4.76. The molecule has 3 unspecified atom stereocenters. The van der Waals surface area contributed by atoms with E-state index in [0.717, 1.165) is 19.3 Å². The molecule has 1 aliphatic rings. The molecule has 0 heterocycles. The lowest BCUT2D eigenvalue weighted by atomic mass is 9.71. The first kappa shape index (κ1) is 15.8. The topological polar surface area (TPSA) is 35.2 Å². The van der Waals surface area contributed by atoms with Crippen molar-refractivity contribution in [2.24, 2.45) is 23.0 Å². The van der Waals surface area contributed by atoms with Crippen LogP contribution in [0.2, 0.25) is 0 Å². The van der Waals surface area contributed by atoms with Crippen LogP contribution in [0.15, 0.2) is 0 Å². The zero-order valence-electron chi connectivity index (χ0n) is 11.4. The van der Waals surface area contributed by atoms with Crippen molar-refractivity contribution in [3.63, 3.8) is 0 Å². The van der Waals surface area contributed by atoms with E-state index in [1.165, 1.54) is 0 Å². The van der Waals surface area contributed by atoms with Crippen molar-refractivity contribution in [2.45, 2.75) is 52.3 Å². The molecule has 0 spiro atoms. The molecule has 2 N–H and O–H groups in total.